The molecule has 106 valence electrons. The maximum absolute atomic E-state index is 12.2. The summed E-state index contributed by atoms with van der Waals surface area (Å²) < 4.78 is 32.6. The van der Waals surface area contributed by atoms with Gasteiger partial charge >= 0.3 is 0 Å². The molecule has 0 bridgehead atoms. The van der Waals surface area contributed by atoms with Crippen LogP contribution in [0.5, 0.6) is 5.75 Å². The third-order valence-corrected chi connectivity index (χ3v) is 5.12. The molecule has 0 spiro atoms. The fraction of sp³-hybridized carbons (Fsp3) is 0.0769. The predicted octanol–water partition coefficient (Wildman–Crippen LogP) is 3.91. The second kappa shape index (κ2) is 6.03. The quantitative estimate of drug-likeness (QED) is 0.880. The molecule has 0 amide bonds. The molecule has 1 N–H and O–H groups in total. The van der Waals surface area contributed by atoms with E-state index in [1.54, 1.807) is 24.3 Å². The molecule has 0 aliphatic carbocycles. The first-order valence-electron chi connectivity index (χ1n) is 5.54. The zero-order chi connectivity index (χ0) is 14.8. The molecule has 7 heteroatoms. The largest absolute Gasteiger partial charge is 0.497 e. The average Bonchev–Trinajstić information content (AvgIpc) is 2.41. The average molecular weight is 377 g/mol. The maximum Gasteiger partial charge on any atom is 0.261 e. The summed E-state index contributed by atoms with van der Waals surface area (Å²) in [6.07, 6.45) is 0. The molecule has 0 aliphatic heterocycles. The second-order valence-electron chi connectivity index (χ2n) is 3.91. The monoisotopic (exact) mass is 375 g/mol. The number of rotatable bonds is 4. The van der Waals surface area contributed by atoms with E-state index in [0.29, 0.717) is 20.9 Å². The van der Waals surface area contributed by atoms with Gasteiger partial charge in [0, 0.05) is 10.5 Å². The Hall–Kier alpha value is -1.24. The summed E-state index contributed by atoms with van der Waals surface area (Å²) in [6.45, 7) is 0. The van der Waals surface area contributed by atoms with E-state index < -0.39 is 10.0 Å². The molecule has 0 fully saturated rings. The van der Waals surface area contributed by atoms with Crippen molar-refractivity contribution in [3.05, 3.63) is 52.0 Å². The number of nitrogens with one attached hydrogen (secondary N) is 1. The molecule has 0 radical (unpaired) electrons. The molecule has 4 nitrogen and oxygen atoms in total. The summed E-state index contributed by atoms with van der Waals surface area (Å²) in [6, 6.07) is 11.1. The summed E-state index contributed by atoms with van der Waals surface area (Å²) in [5.41, 5.74) is 0.426. The van der Waals surface area contributed by atoms with Gasteiger partial charge in [0.25, 0.3) is 10.0 Å². The highest BCUT2D eigenvalue weighted by Gasteiger charge is 2.15. The number of hydrogen-bond donors (Lipinski definition) is 1. The number of benzene rings is 2. The van der Waals surface area contributed by atoms with Crippen molar-refractivity contribution in [2.24, 2.45) is 0 Å². The highest BCUT2D eigenvalue weighted by molar-refractivity contribution is 9.10. The fourth-order valence-electron chi connectivity index (χ4n) is 1.54. The first kappa shape index (κ1) is 15.2. The van der Waals surface area contributed by atoms with Crippen molar-refractivity contribution in [2.75, 3.05) is 11.8 Å². The van der Waals surface area contributed by atoms with Crippen molar-refractivity contribution in [1.29, 1.82) is 0 Å². The molecule has 0 saturated carbocycles. The Labute approximate surface area is 130 Å². The lowest BCUT2D eigenvalue weighted by atomic mass is 10.3. The van der Waals surface area contributed by atoms with Crippen LogP contribution in [0.1, 0.15) is 0 Å². The van der Waals surface area contributed by atoms with Crippen LogP contribution in [0.15, 0.2) is 51.8 Å². The van der Waals surface area contributed by atoms with E-state index in [0.717, 1.165) is 0 Å². The fourth-order valence-corrected chi connectivity index (χ4v) is 3.27. The minimum atomic E-state index is -3.67. The number of anilines is 1. The van der Waals surface area contributed by atoms with Gasteiger partial charge in [-0.2, -0.15) is 0 Å². The summed E-state index contributed by atoms with van der Waals surface area (Å²) >= 11 is 9.05. The van der Waals surface area contributed by atoms with Crippen LogP contribution in [-0.2, 0) is 10.0 Å². The Balaban J connectivity index is 2.32. The molecule has 2 aromatic carbocycles. The molecule has 0 unspecified atom stereocenters. The number of sulfonamides is 1. The number of ether oxygens (including phenoxy) is 1. The van der Waals surface area contributed by atoms with Crippen molar-refractivity contribution in [1.82, 2.24) is 0 Å². The van der Waals surface area contributed by atoms with E-state index >= 15 is 0 Å². The summed E-state index contributed by atoms with van der Waals surface area (Å²) in [7, 11) is -2.15. The molecule has 0 aliphatic rings. The van der Waals surface area contributed by atoms with Gasteiger partial charge in [-0.1, -0.05) is 17.7 Å². The normalized spacial score (nSPS) is 11.2. The maximum atomic E-state index is 12.2. The smallest absolute Gasteiger partial charge is 0.261 e. The number of hydrogen-bond acceptors (Lipinski definition) is 3. The molecular formula is C13H11BrClNO3S. The Morgan fingerprint density at radius 2 is 1.95 bits per heavy atom. The highest BCUT2D eigenvalue weighted by Crippen LogP contribution is 2.27. The Morgan fingerprint density at radius 1 is 1.20 bits per heavy atom. The van der Waals surface area contributed by atoms with Crippen molar-refractivity contribution in [3.63, 3.8) is 0 Å². The lowest BCUT2D eigenvalue weighted by Gasteiger charge is -2.10. The third kappa shape index (κ3) is 3.45. The Kier molecular flexibility index (Phi) is 4.57. The minimum Gasteiger partial charge on any atom is -0.497 e. The van der Waals surface area contributed by atoms with Crippen LogP contribution >= 0.6 is 27.5 Å². The van der Waals surface area contributed by atoms with Crippen LogP contribution in [-0.4, -0.2) is 15.5 Å². The van der Waals surface area contributed by atoms with Crippen molar-refractivity contribution >= 4 is 43.2 Å². The molecule has 0 atom stereocenters. The molecule has 0 heterocycles. The first-order valence-corrected chi connectivity index (χ1v) is 8.20. The summed E-state index contributed by atoms with van der Waals surface area (Å²) in [5.74, 6) is 0.572. The lowest BCUT2D eigenvalue weighted by Crippen LogP contribution is -2.12. The van der Waals surface area contributed by atoms with E-state index in [1.165, 1.54) is 25.3 Å². The van der Waals surface area contributed by atoms with Crippen LogP contribution in [0.25, 0.3) is 0 Å². The molecule has 0 saturated heterocycles. The predicted molar refractivity (Wildman–Crippen MR) is 83.0 cm³/mol. The van der Waals surface area contributed by atoms with Crippen LogP contribution in [0, 0.1) is 0 Å². The van der Waals surface area contributed by atoms with E-state index in [4.69, 9.17) is 16.3 Å². The van der Waals surface area contributed by atoms with Gasteiger partial charge in [0.1, 0.15) is 5.75 Å². The van der Waals surface area contributed by atoms with Gasteiger partial charge in [0.05, 0.1) is 22.7 Å². The summed E-state index contributed by atoms with van der Waals surface area (Å²) in [5, 5.41) is 0.449. The van der Waals surface area contributed by atoms with E-state index in [1.807, 2.05) is 0 Å². The SMILES string of the molecule is COc1cccc(NS(=O)(=O)c2ccc(Cl)c(Br)c2)c1. The van der Waals surface area contributed by atoms with Crippen molar-refractivity contribution < 1.29 is 13.2 Å². The Morgan fingerprint density at radius 3 is 2.60 bits per heavy atom. The lowest BCUT2D eigenvalue weighted by molar-refractivity contribution is 0.415. The van der Waals surface area contributed by atoms with Gasteiger partial charge in [-0.25, -0.2) is 8.42 Å². The highest BCUT2D eigenvalue weighted by atomic mass is 79.9. The minimum absolute atomic E-state index is 0.122. The van der Waals surface area contributed by atoms with Gasteiger partial charge in [-0.15, -0.1) is 0 Å². The molecular weight excluding hydrogens is 366 g/mol. The van der Waals surface area contributed by atoms with E-state index in [-0.39, 0.29) is 4.90 Å². The topological polar surface area (TPSA) is 55.4 Å². The van der Waals surface area contributed by atoms with Gasteiger partial charge in [-0.3, -0.25) is 4.72 Å². The van der Waals surface area contributed by atoms with Crippen LogP contribution in [0.4, 0.5) is 5.69 Å². The first-order chi connectivity index (χ1) is 9.42. The van der Waals surface area contributed by atoms with Gasteiger partial charge in [-0.05, 0) is 46.3 Å². The third-order valence-electron chi connectivity index (χ3n) is 2.52. The second-order valence-corrected chi connectivity index (χ2v) is 6.86. The van der Waals surface area contributed by atoms with Gasteiger partial charge in [0.15, 0.2) is 0 Å². The molecule has 20 heavy (non-hydrogen) atoms. The Bertz CT molecular complexity index is 734. The zero-order valence-electron chi connectivity index (χ0n) is 10.4. The molecule has 2 rings (SSSR count). The summed E-state index contributed by atoms with van der Waals surface area (Å²) in [4.78, 5) is 0.122. The number of methoxy groups -OCH3 is 1. The zero-order valence-corrected chi connectivity index (χ0v) is 13.6. The van der Waals surface area contributed by atoms with Crippen molar-refractivity contribution in [3.8, 4) is 5.75 Å². The number of halogens is 2. The van der Waals surface area contributed by atoms with Crippen molar-refractivity contribution in [2.45, 2.75) is 4.90 Å². The van der Waals surface area contributed by atoms with E-state index in [9.17, 15) is 8.42 Å². The van der Waals surface area contributed by atoms with Crippen LogP contribution in [0.2, 0.25) is 5.02 Å². The standard InChI is InChI=1S/C13H11BrClNO3S/c1-19-10-4-2-3-9(7-10)16-20(17,18)11-5-6-13(15)12(14)8-11/h2-8,16H,1H3. The molecule has 2 aromatic rings. The van der Waals surface area contributed by atoms with Gasteiger partial charge in [0.2, 0.25) is 0 Å². The van der Waals surface area contributed by atoms with Gasteiger partial charge < -0.3 is 4.74 Å². The molecule has 0 aromatic heterocycles. The van der Waals surface area contributed by atoms with E-state index in [2.05, 4.69) is 20.7 Å². The van der Waals surface area contributed by atoms with Crippen LogP contribution in [0.3, 0.4) is 0 Å². The van der Waals surface area contributed by atoms with Crippen LogP contribution < -0.4 is 9.46 Å².